The number of methoxy groups -OCH3 is 1. The monoisotopic (exact) mass is 354 g/mol. The van der Waals surface area contributed by atoms with Gasteiger partial charge in [-0.1, -0.05) is 19.1 Å². The van der Waals surface area contributed by atoms with Crippen molar-refractivity contribution in [2.45, 2.75) is 39.8 Å². The first-order valence-electron chi connectivity index (χ1n) is 8.72. The summed E-state index contributed by atoms with van der Waals surface area (Å²) in [6.45, 7) is 6.22. The highest BCUT2D eigenvalue weighted by atomic mass is 16.5. The van der Waals surface area contributed by atoms with E-state index >= 15 is 0 Å². The fraction of sp³-hybridized carbons (Fsp3) is 0.333. The minimum atomic E-state index is -0.133. The number of pyridine rings is 1. The molecule has 0 aliphatic heterocycles. The molecule has 1 aromatic carbocycles. The maximum Gasteiger partial charge on any atom is 0.247 e. The Morgan fingerprint density at radius 3 is 2.62 bits per heavy atom. The number of nitrogens with one attached hydrogen (secondary N) is 1. The van der Waals surface area contributed by atoms with E-state index < -0.39 is 0 Å². The highest BCUT2D eigenvalue weighted by Crippen LogP contribution is 2.31. The summed E-state index contributed by atoms with van der Waals surface area (Å²) in [6, 6.07) is 9.38. The Morgan fingerprint density at radius 1 is 1.23 bits per heavy atom. The second-order valence-corrected chi connectivity index (χ2v) is 6.04. The molecule has 0 aliphatic rings. The predicted octanol–water partition coefficient (Wildman–Crippen LogP) is 4.20. The van der Waals surface area contributed by atoms with Crippen molar-refractivity contribution in [3.05, 3.63) is 65.5 Å². The highest BCUT2D eigenvalue weighted by Gasteiger charge is 2.14. The summed E-state index contributed by atoms with van der Waals surface area (Å²) in [5.41, 5.74) is 2.71. The van der Waals surface area contributed by atoms with Crippen LogP contribution < -0.4 is 14.8 Å². The molecule has 26 heavy (non-hydrogen) atoms. The SMILES string of the molecule is CC/C=C(\C)C(=O)NC(C)c1ccc(OCc2ccncc2)c(OC)c1. The van der Waals surface area contributed by atoms with Crippen molar-refractivity contribution in [3.63, 3.8) is 0 Å². The Bertz CT molecular complexity index is 757. The molecule has 5 nitrogen and oxygen atoms in total. The van der Waals surface area contributed by atoms with Gasteiger partial charge in [-0.2, -0.15) is 0 Å². The molecule has 5 heteroatoms. The average Bonchev–Trinajstić information content (AvgIpc) is 2.67. The van der Waals surface area contributed by atoms with Gasteiger partial charge in [0.15, 0.2) is 11.5 Å². The third kappa shape index (κ3) is 5.34. The molecular weight excluding hydrogens is 328 g/mol. The molecule has 1 unspecified atom stereocenters. The summed E-state index contributed by atoms with van der Waals surface area (Å²) >= 11 is 0. The van der Waals surface area contributed by atoms with Gasteiger partial charge in [-0.25, -0.2) is 0 Å². The maximum atomic E-state index is 12.2. The quantitative estimate of drug-likeness (QED) is 0.722. The topological polar surface area (TPSA) is 60.5 Å². The van der Waals surface area contributed by atoms with Gasteiger partial charge in [0.25, 0.3) is 0 Å². The highest BCUT2D eigenvalue weighted by molar-refractivity contribution is 5.93. The van der Waals surface area contributed by atoms with Gasteiger partial charge in [-0.3, -0.25) is 9.78 Å². The zero-order chi connectivity index (χ0) is 18.9. The Morgan fingerprint density at radius 2 is 1.96 bits per heavy atom. The van der Waals surface area contributed by atoms with Crippen molar-refractivity contribution >= 4 is 5.91 Å². The van der Waals surface area contributed by atoms with Crippen molar-refractivity contribution in [2.75, 3.05) is 7.11 Å². The van der Waals surface area contributed by atoms with E-state index in [-0.39, 0.29) is 11.9 Å². The number of aromatic nitrogens is 1. The zero-order valence-corrected chi connectivity index (χ0v) is 15.8. The van der Waals surface area contributed by atoms with Gasteiger partial charge in [0.2, 0.25) is 5.91 Å². The van der Waals surface area contributed by atoms with Crippen molar-refractivity contribution in [1.29, 1.82) is 0 Å². The molecule has 0 aliphatic carbocycles. The first-order valence-corrected chi connectivity index (χ1v) is 8.72. The first-order chi connectivity index (χ1) is 12.5. The molecule has 1 heterocycles. The molecule has 138 valence electrons. The molecule has 1 amide bonds. The van der Waals surface area contributed by atoms with Crippen LogP contribution in [0.15, 0.2) is 54.4 Å². The molecule has 0 saturated carbocycles. The minimum absolute atomic E-state index is 0.0590. The van der Waals surface area contributed by atoms with Crippen LogP contribution >= 0.6 is 0 Å². The van der Waals surface area contributed by atoms with E-state index in [9.17, 15) is 4.79 Å². The smallest absolute Gasteiger partial charge is 0.247 e. The molecule has 0 saturated heterocycles. The van der Waals surface area contributed by atoms with Crippen LogP contribution in [0.25, 0.3) is 0 Å². The second kappa shape index (κ2) is 9.61. The van der Waals surface area contributed by atoms with E-state index in [1.165, 1.54) is 0 Å². The zero-order valence-electron chi connectivity index (χ0n) is 15.8. The lowest BCUT2D eigenvalue weighted by molar-refractivity contribution is -0.118. The van der Waals surface area contributed by atoms with Crippen LogP contribution in [0.1, 0.15) is 44.4 Å². The van der Waals surface area contributed by atoms with Gasteiger partial charge in [-0.15, -0.1) is 0 Å². The summed E-state index contributed by atoms with van der Waals surface area (Å²) < 4.78 is 11.3. The van der Waals surface area contributed by atoms with Crippen molar-refractivity contribution in [3.8, 4) is 11.5 Å². The van der Waals surface area contributed by atoms with Crippen LogP contribution in [0.5, 0.6) is 11.5 Å². The molecule has 0 radical (unpaired) electrons. The van der Waals surface area contributed by atoms with E-state index in [0.717, 1.165) is 23.1 Å². The van der Waals surface area contributed by atoms with Crippen molar-refractivity contribution < 1.29 is 14.3 Å². The summed E-state index contributed by atoms with van der Waals surface area (Å²) in [5.74, 6) is 1.24. The van der Waals surface area contributed by atoms with Crippen molar-refractivity contribution in [1.82, 2.24) is 10.3 Å². The molecular formula is C21H26N2O3. The first kappa shape index (κ1) is 19.5. The lowest BCUT2D eigenvalue weighted by Crippen LogP contribution is -2.27. The van der Waals surface area contributed by atoms with Crippen molar-refractivity contribution in [2.24, 2.45) is 0 Å². The lowest BCUT2D eigenvalue weighted by Gasteiger charge is -2.17. The number of rotatable bonds is 8. The number of carbonyl (C=O) groups is 1. The number of amides is 1. The van der Waals surface area contributed by atoms with Gasteiger partial charge >= 0.3 is 0 Å². The van der Waals surface area contributed by atoms with Gasteiger partial charge < -0.3 is 14.8 Å². The van der Waals surface area contributed by atoms with Gasteiger partial charge in [-0.05, 0) is 55.7 Å². The largest absolute Gasteiger partial charge is 0.493 e. The number of allylic oxidation sites excluding steroid dienone is 1. The van der Waals surface area contributed by atoms with Gasteiger partial charge in [0.05, 0.1) is 13.2 Å². The summed E-state index contributed by atoms with van der Waals surface area (Å²) in [7, 11) is 1.61. The molecule has 0 bridgehead atoms. The Hall–Kier alpha value is -2.82. The van der Waals surface area contributed by atoms with E-state index in [2.05, 4.69) is 10.3 Å². The summed E-state index contributed by atoms with van der Waals surface area (Å²) in [6.07, 6.45) is 6.22. The molecule has 0 fully saturated rings. The number of hydrogen-bond acceptors (Lipinski definition) is 4. The molecule has 1 aromatic heterocycles. The summed E-state index contributed by atoms with van der Waals surface area (Å²) in [5, 5.41) is 3.00. The average molecular weight is 354 g/mol. The van der Waals surface area contributed by atoms with Gasteiger partial charge in [0, 0.05) is 18.0 Å². The van der Waals surface area contributed by atoms with E-state index in [4.69, 9.17) is 9.47 Å². The van der Waals surface area contributed by atoms with Crippen LogP contribution in [0.4, 0.5) is 0 Å². The van der Waals surface area contributed by atoms with Crippen LogP contribution in [0.2, 0.25) is 0 Å². The number of carbonyl (C=O) groups excluding carboxylic acids is 1. The second-order valence-electron chi connectivity index (χ2n) is 6.04. The Balaban J connectivity index is 2.07. The van der Waals surface area contributed by atoms with Crippen LogP contribution in [0.3, 0.4) is 0 Å². The Kier molecular flexibility index (Phi) is 7.21. The van der Waals surface area contributed by atoms with E-state index in [1.807, 2.05) is 57.2 Å². The van der Waals surface area contributed by atoms with Gasteiger partial charge in [0.1, 0.15) is 6.61 Å². The normalized spacial score (nSPS) is 12.4. The minimum Gasteiger partial charge on any atom is -0.493 e. The fourth-order valence-corrected chi connectivity index (χ4v) is 2.51. The number of hydrogen-bond donors (Lipinski definition) is 1. The third-order valence-corrected chi connectivity index (χ3v) is 4.05. The lowest BCUT2D eigenvalue weighted by atomic mass is 10.1. The van der Waals surface area contributed by atoms with Crippen LogP contribution in [-0.4, -0.2) is 18.0 Å². The van der Waals surface area contributed by atoms with E-state index in [1.54, 1.807) is 19.5 Å². The number of nitrogens with zero attached hydrogens (tertiary/aromatic N) is 1. The van der Waals surface area contributed by atoms with Crippen LogP contribution in [-0.2, 0) is 11.4 Å². The van der Waals surface area contributed by atoms with E-state index in [0.29, 0.717) is 18.1 Å². The third-order valence-electron chi connectivity index (χ3n) is 4.05. The molecule has 1 N–H and O–H groups in total. The molecule has 2 aromatic rings. The Labute approximate surface area is 155 Å². The summed E-state index contributed by atoms with van der Waals surface area (Å²) in [4.78, 5) is 16.2. The molecule has 2 rings (SSSR count). The number of benzene rings is 1. The molecule has 1 atom stereocenters. The van der Waals surface area contributed by atoms with Crippen LogP contribution in [0, 0.1) is 0 Å². The predicted molar refractivity (Wildman–Crippen MR) is 102 cm³/mol. The fourth-order valence-electron chi connectivity index (χ4n) is 2.51. The molecule has 0 spiro atoms. The number of ether oxygens (including phenoxy) is 2. The standard InChI is InChI=1S/C21H26N2O3/c1-5-6-15(2)21(24)23-16(3)18-7-8-19(20(13-18)25-4)26-14-17-9-11-22-12-10-17/h6-13,16H,5,14H2,1-4H3,(H,23,24)/b15-6+. The maximum absolute atomic E-state index is 12.2.